The minimum absolute atomic E-state index is 0.164. The highest BCUT2D eigenvalue weighted by Crippen LogP contribution is 2.23. The monoisotopic (exact) mass is 186 g/mol. The van der Waals surface area contributed by atoms with Crippen LogP contribution >= 0.6 is 0 Å². The third-order valence-electron chi connectivity index (χ3n) is 2.50. The second kappa shape index (κ2) is 5.94. The van der Waals surface area contributed by atoms with Gasteiger partial charge in [-0.05, 0) is 12.8 Å². The van der Waals surface area contributed by atoms with E-state index in [-0.39, 0.29) is 11.8 Å². The van der Waals surface area contributed by atoms with Crippen molar-refractivity contribution in [3.63, 3.8) is 0 Å². The largest absolute Gasteiger partial charge is 0.353 e. The minimum atomic E-state index is 0.164. The van der Waals surface area contributed by atoms with E-state index in [1.165, 1.54) is 19.3 Å². The highest BCUT2D eigenvalue weighted by molar-refractivity contribution is 5.78. The van der Waals surface area contributed by atoms with Gasteiger partial charge in [0.25, 0.3) is 0 Å². The number of hydrogen-bond acceptors (Lipinski definition) is 3. The van der Waals surface area contributed by atoms with Crippen molar-refractivity contribution >= 4 is 5.91 Å². The van der Waals surface area contributed by atoms with Gasteiger partial charge in [0.1, 0.15) is 0 Å². The highest BCUT2D eigenvalue weighted by atomic mass is 16.6. The van der Waals surface area contributed by atoms with Crippen molar-refractivity contribution in [2.75, 3.05) is 13.2 Å². The second-order valence-electron chi connectivity index (χ2n) is 3.50. The molecular weight excluding hydrogens is 168 g/mol. The lowest BCUT2D eigenvalue weighted by atomic mass is 9.89. The number of carbonyl (C=O) groups is 1. The standard InChI is InChI=1S/C9H18N2O2/c10-13-7-6-11-9(12)8-4-2-1-3-5-8/h8H,1-7,10H2,(H,11,12). The molecule has 1 rings (SSSR count). The molecule has 3 N–H and O–H groups in total. The molecule has 0 atom stereocenters. The molecule has 4 heteroatoms. The van der Waals surface area contributed by atoms with E-state index in [9.17, 15) is 4.79 Å². The van der Waals surface area contributed by atoms with Crippen molar-refractivity contribution < 1.29 is 9.63 Å². The zero-order valence-corrected chi connectivity index (χ0v) is 7.92. The number of rotatable bonds is 4. The Morgan fingerprint density at radius 3 is 2.69 bits per heavy atom. The Morgan fingerprint density at radius 1 is 1.38 bits per heavy atom. The molecule has 0 unspecified atom stereocenters. The smallest absolute Gasteiger partial charge is 0.223 e. The molecule has 0 saturated heterocycles. The van der Waals surface area contributed by atoms with Gasteiger partial charge in [0, 0.05) is 12.5 Å². The number of nitrogens with one attached hydrogen (secondary N) is 1. The lowest BCUT2D eigenvalue weighted by Gasteiger charge is -2.20. The van der Waals surface area contributed by atoms with Crippen LogP contribution in [0.3, 0.4) is 0 Å². The van der Waals surface area contributed by atoms with E-state index in [0.29, 0.717) is 13.2 Å². The van der Waals surface area contributed by atoms with Crippen molar-refractivity contribution in [2.45, 2.75) is 32.1 Å². The van der Waals surface area contributed by atoms with Gasteiger partial charge < -0.3 is 10.2 Å². The molecule has 13 heavy (non-hydrogen) atoms. The van der Waals surface area contributed by atoms with E-state index in [1.54, 1.807) is 0 Å². The Hall–Kier alpha value is -0.610. The van der Waals surface area contributed by atoms with Gasteiger partial charge in [0.15, 0.2) is 0 Å². The van der Waals surface area contributed by atoms with Gasteiger partial charge in [-0.25, -0.2) is 5.90 Å². The molecule has 4 nitrogen and oxygen atoms in total. The Kier molecular flexibility index (Phi) is 4.78. The maximum Gasteiger partial charge on any atom is 0.223 e. The first-order valence-corrected chi connectivity index (χ1v) is 4.94. The van der Waals surface area contributed by atoms with E-state index < -0.39 is 0 Å². The van der Waals surface area contributed by atoms with Crippen LogP contribution in [0.25, 0.3) is 0 Å². The molecule has 1 aliphatic rings. The molecular formula is C9H18N2O2. The van der Waals surface area contributed by atoms with Gasteiger partial charge in [-0.1, -0.05) is 19.3 Å². The molecule has 1 amide bonds. The summed E-state index contributed by atoms with van der Waals surface area (Å²) in [6, 6.07) is 0. The fraction of sp³-hybridized carbons (Fsp3) is 0.889. The molecule has 0 heterocycles. The van der Waals surface area contributed by atoms with Crippen molar-refractivity contribution in [3.8, 4) is 0 Å². The van der Waals surface area contributed by atoms with E-state index in [0.717, 1.165) is 12.8 Å². The number of carbonyl (C=O) groups excluding carboxylic acids is 1. The van der Waals surface area contributed by atoms with Crippen LogP contribution in [0.4, 0.5) is 0 Å². The SMILES string of the molecule is NOCCNC(=O)C1CCCCC1. The van der Waals surface area contributed by atoms with Crippen LogP contribution in [0.2, 0.25) is 0 Å². The Morgan fingerprint density at radius 2 is 2.08 bits per heavy atom. The van der Waals surface area contributed by atoms with Crippen molar-refractivity contribution in [1.29, 1.82) is 0 Å². The quantitative estimate of drug-likeness (QED) is 0.498. The molecule has 1 aliphatic carbocycles. The summed E-state index contributed by atoms with van der Waals surface area (Å²) in [6.07, 6.45) is 5.72. The summed E-state index contributed by atoms with van der Waals surface area (Å²) < 4.78 is 0. The summed E-state index contributed by atoms with van der Waals surface area (Å²) in [5.74, 6) is 5.23. The molecule has 0 aromatic carbocycles. The third-order valence-corrected chi connectivity index (χ3v) is 2.50. The normalized spacial score (nSPS) is 18.5. The van der Waals surface area contributed by atoms with Crippen LogP contribution in [-0.2, 0) is 9.63 Å². The summed E-state index contributed by atoms with van der Waals surface area (Å²) in [5.41, 5.74) is 0. The zero-order valence-electron chi connectivity index (χ0n) is 7.92. The fourth-order valence-corrected chi connectivity index (χ4v) is 1.74. The molecule has 1 saturated carbocycles. The van der Waals surface area contributed by atoms with Crippen LogP contribution in [0, 0.1) is 5.92 Å². The van der Waals surface area contributed by atoms with Crippen LogP contribution in [0.1, 0.15) is 32.1 Å². The maximum atomic E-state index is 11.5. The third kappa shape index (κ3) is 3.74. The first-order valence-electron chi connectivity index (χ1n) is 4.94. The summed E-state index contributed by atoms with van der Waals surface area (Å²) in [5, 5.41) is 2.81. The van der Waals surface area contributed by atoms with E-state index in [1.807, 2.05) is 0 Å². The van der Waals surface area contributed by atoms with Gasteiger partial charge >= 0.3 is 0 Å². The zero-order chi connectivity index (χ0) is 9.52. The molecule has 1 fully saturated rings. The van der Waals surface area contributed by atoms with Gasteiger partial charge in [-0.3, -0.25) is 4.79 Å². The first-order chi connectivity index (χ1) is 6.34. The summed E-state index contributed by atoms with van der Waals surface area (Å²) in [6.45, 7) is 0.907. The first kappa shape index (κ1) is 10.5. The van der Waals surface area contributed by atoms with Gasteiger partial charge in [0.05, 0.1) is 6.61 Å². The lowest BCUT2D eigenvalue weighted by Crippen LogP contribution is -2.34. The Balaban J connectivity index is 2.13. The number of amides is 1. The van der Waals surface area contributed by atoms with Gasteiger partial charge in [-0.15, -0.1) is 0 Å². The molecule has 0 aliphatic heterocycles. The molecule has 0 aromatic rings. The molecule has 0 radical (unpaired) electrons. The van der Waals surface area contributed by atoms with E-state index >= 15 is 0 Å². The van der Waals surface area contributed by atoms with Crippen molar-refractivity contribution in [1.82, 2.24) is 5.32 Å². The predicted octanol–water partition coefficient (Wildman–Crippen LogP) is 0.573. The van der Waals surface area contributed by atoms with Crippen LogP contribution in [-0.4, -0.2) is 19.1 Å². The van der Waals surface area contributed by atoms with E-state index in [4.69, 9.17) is 5.90 Å². The topological polar surface area (TPSA) is 64.3 Å². The number of hydrogen-bond donors (Lipinski definition) is 2. The van der Waals surface area contributed by atoms with Crippen molar-refractivity contribution in [3.05, 3.63) is 0 Å². The Labute approximate surface area is 78.8 Å². The van der Waals surface area contributed by atoms with Gasteiger partial charge in [0.2, 0.25) is 5.91 Å². The molecule has 0 bridgehead atoms. The molecule has 0 spiro atoms. The van der Waals surface area contributed by atoms with Crippen LogP contribution in [0.15, 0.2) is 0 Å². The maximum absolute atomic E-state index is 11.5. The van der Waals surface area contributed by atoms with E-state index in [2.05, 4.69) is 10.2 Å². The van der Waals surface area contributed by atoms with Gasteiger partial charge in [-0.2, -0.15) is 0 Å². The van der Waals surface area contributed by atoms with Crippen LogP contribution < -0.4 is 11.2 Å². The summed E-state index contributed by atoms with van der Waals surface area (Å²) in [7, 11) is 0. The summed E-state index contributed by atoms with van der Waals surface area (Å²) >= 11 is 0. The average molecular weight is 186 g/mol. The Bertz CT molecular complexity index is 156. The average Bonchev–Trinajstić information content (AvgIpc) is 2.19. The fourth-order valence-electron chi connectivity index (χ4n) is 1.74. The number of nitrogens with two attached hydrogens (primary N) is 1. The van der Waals surface area contributed by atoms with Crippen molar-refractivity contribution in [2.24, 2.45) is 11.8 Å². The second-order valence-corrected chi connectivity index (χ2v) is 3.50. The molecule has 76 valence electrons. The predicted molar refractivity (Wildman–Crippen MR) is 49.7 cm³/mol. The molecule has 0 aromatic heterocycles. The lowest BCUT2D eigenvalue weighted by molar-refractivity contribution is -0.126. The summed E-state index contributed by atoms with van der Waals surface area (Å²) in [4.78, 5) is 15.8. The van der Waals surface area contributed by atoms with Crippen LogP contribution in [0.5, 0.6) is 0 Å². The highest BCUT2D eigenvalue weighted by Gasteiger charge is 2.20. The minimum Gasteiger partial charge on any atom is -0.353 e.